The van der Waals surface area contributed by atoms with Crippen LogP contribution in [0.2, 0.25) is 0 Å². The third kappa shape index (κ3) is 4.68. The van der Waals surface area contributed by atoms with Gasteiger partial charge in [-0.3, -0.25) is 9.52 Å². The number of hydrogen-bond donors (Lipinski definition) is 2. The van der Waals surface area contributed by atoms with Gasteiger partial charge in [-0.15, -0.1) is 0 Å². The molecule has 0 aliphatic heterocycles. The van der Waals surface area contributed by atoms with E-state index in [0.717, 1.165) is 17.8 Å². The molecular formula is C19H16FN3O3S. The van der Waals surface area contributed by atoms with Crippen molar-refractivity contribution in [3.05, 3.63) is 83.8 Å². The van der Waals surface area contributed by atoms with Crippen molar-refractivity contribution >= 4 is 27.4 Å². The minimum absolute atomic E-state index is 0.0864. The molecule has 0 spiro atoms. The van der Waals surface area contributed by atoms with E-state index >= 15 is 0 Å². The standard InChI is InChI=1S/C19H16FN3O3S/c1-13-4-2-7-18(21-13)22-19(24)14-5-3-6-17(12-14)27(25,26)23-16-10-8-15(20)9-11-16/h2-12,23H,1H3,(H,21,22,24). The second kappa shape index (κ2) is 7.55. The number of carbonyl (C=O) groups excluding carboxylic acids is 1. The van der Waals surface area contributed by atoms with Gasteiger partial charge in [-0.1, -0.05) is 12.1 Å². The van der Waals surface area contributed by atoms with Crippen LogP contribution >= 0.6 is 0 Å². The molecule has 0 radical (unpaired) electrons. The monoisotopic (exact) mass is 385 g/mol. The van der Waals surface area contributed by atoms with E-state index < -0.39 is 21.7 Å². The van der Waals surface area contributed by atoms with Gasteiger partial charge in [0.2, 0.25) is 0 Å². The average Bonchev–Trinajstić information content (AvgIpc) is 2.63. The molecule has 2 N–H and O–H groups in total. The molecule has 0 saturated heterocycles. The smallest absolute Gasteiger partial charge is 0.261 e. The first-order valence-corrected chi connectivity index (χ1v) is 9.45. The lowest BCUT2D eigenvalue weighted by Gasteiger charge is -2.10. The lowest BCUT2D eigenvalue weighted by atomic mass is 10.2. The van der Waals surface area contributed by atoms with Gasteiger partial charge in [0, 0.05) is 16.9 Å². The molecule has 0 aliphatic rings. The maximum Gasteiger partial charge on any atom is 0.261 e. The number of nitrogens with one attached hydrogen (secondary N) is 2. The van der Waals surface area contributed by atoms with Crippen LogP contribution in [0, 0.1) is 12.7 Å². The number of aromatic nitrogens is 1. The van der Waals surface area contributed by atoms with E-state index in [1.165, 1.54) is 36.4 Å². The Hall–Kier alpha value is -3.26. The Morgan fingerprint density at radius 1 is 1.00 bits per heavy atom. The Bertz CT molecular complexity index is 1080. The Morgan fingerprint density at radius 2 is 1.70 bits per heavy atom. The number of aryl methyl sites for hydroxylation is 1. The summed E-state index contributed by atoms with van der Waals surface area (Å²) in [7, 11) is -3.93. The minimum atomic E-state index is -3.93. The van der Waals surface area contributed by atoms with Crippen molar-refractivity contribution in [3.63, 3.8) is 0 Å². The average molecular weight is 385 g/mol. The first-order valence-electron chi connectivity index (χ1n) is 7.97. The summed E-state index contributed by atoms with van der Waals surface area (Å²) in [4.78, 5) is 16.5. The number of sulfonamides is 1. The summed E-state index contributed by atoms with van der Waals surface area (Å²) in [5.41, 5.74) is 1.13. The van der Waals surface area contributed by atoms with E-state index in [0.29, 0.717) is 5.82 Å². The molecule has 27 heavy (non-hydrogen) atoms. The number of halogens is 1. The van der Waals surface area contributed by atoms with Crippen LogP contribution in [0.15, 0.2) is 71.6 Å². The second-order valence-electron chi connectivity index (χ2n) is 5.76. The maximum absolute atomic E-state index is 13.0. The Balaban J connectivity index is 1.81. The van der Waals surface area contributed by atoms with Crippen LogP contribution in [0.25, 0.3) is 0 Å². The maximum atomic E-state index is 13.0. The summed E-state index contributed by atoms with van der Waals surface area (Å²) in [6.07, 6.45) is 0. The summed E-state index contributed by atoms with van der Waals surface area (Å²) in [5.74, 6) is -0.578. The molecule has 138 valence electrons. The third-order valence-electron chi connectivity index (χ3n) is 3.63. The SMILES string of the molecule is Cc1cccc(NC(=O)c2cccc(S(=O)(=O)Nc3ccc(F)cc3)c2)n1. The van der Waals surface area contributed by atoms with Crippen molar-refractivity contribution in [2.45, 2.75) is 11.8 Å². The van der Waals surface area contributed by atoms with Crippen LogP contribution in [-0.2, 0) is 10.0 Å². The topological polar surface area (TPSA) is 88.2 Å². The molecule has 2 aromatic carbocycles. The number of anilines is 2. The zero-order chi connectivity index (χ0) is 19.4. The molecular weight excluding hydrogens is 369 g/mol. The van der Waals surface area contributed by atoms with Gasteiger partial charge in [0.25, 0.3) is 15.9 Å². The summed E-state index contributed by atoms with van der Waals surface area (Å²) in [6.45, 7) is 1.80. The largest absolute Gasteiger partial charge is 0.307 e. The highest BCUT2D eigenvalue weighted by Crippen LogP contribution is 2.18. The zero-order valence-electron chi connectivity index (χ0n) is 14.3. The highest BCUT2D eigenvalue weighted by Gasteiger charge is 2.17. The van der Waals surface area contributed by atoms with Crippen LogP contribution < -0.4 is 10.0 Å². The van der Waals surface area contributed by atoms with Gasteiger partial charge < -0.3 is 5.32 Å². The first kappa shape index (κ1) is 18.5. The van der Waals surface area contributed by atoms with Crippen molar-refractivity contribution in [2.75, 3.05) is 10.0 Å². The number of amides is 1. The van der Waals surface area contributed by atoms with Crippen molar-refractivity contribution in [2.24, 2.45) is 0 Å². The molecule has 3 rings (SSSR count). The Kier molecular flexibility index (Phi) is 5.18. The van der Waals surface area contributed by atoms with Gasteiger partial charge >= 0.3 is 0 Å². The van der Waals surface area contributed by atoms with E-state index in [1.54, 1.807) is 25.1 Å². The second-order valence-corrected chi connectivity index (χ2v) is 7.44. The van der Waals surface area contributed by atoms with E-state index in [1.807, 2.05) is 0 Å². The molecule has 3 aromatic rings. The molecule has 1 amide bonds. The van der Waals surface area contributed by atoms with Crippen LogP contribution in [0.1, 0.15) is 16.1 Å². The van der Waals surface area contributed by atoms with Crippen molar-refractivity contribution < 1.29 is 17.6 Å². The summed E-state index contributed by atoms with van der Waals surface area (Å²) >= 11 is 0. The number of pyridine rings is 1. The summed E-state index contributed by atoms with van der Waals surface area (Å²) in [6, 6.07) is 15.7. The van der Waals surface area contributed by atoms with Gasteiger partial charge in [0.1, 0.15) is 11.6 Å². The minimum Gasteiger partial charge on any atom is -0.307 e. The lowest BCUT2D eigenvalue weighted by molar-refractivity contribution is 0.102. The fraction of sp³-hybridized carbons (Fsp3) is 0.0526. The molecule has 6 nitrogen and oxygen atoms in total. The molecule has 0 unspecified atom stereocenters. The van der Waals surface area contributed by atoms with Crippen LogP contribution in [-0.4, -0.2) is 19.3 Å². The van der Waals surface area contributed by atoms with Crippen LogP contribution in [0.5, 0.6) is 0 Å². The molecule has 0 aliphatic carbocycles. The highest BCUT2D eigenvalue weighted by atomic mass is 32.2. The first-order chi connectivity index (χ1) is 12.8. The van der Waals surface area contributed by atoms with E-state index in [-0.39, 0.29) is 16.1 Å². The van der Waals surface area contributed by atoms with Crippen LogP contribution in [0.3, 0.4) is 0 Å². The molecule has 1 heterocycles. The highest BCUT2D eigenvalue weighted by molar-refractivity contribution is 7.92. The third-order valence-corrected chi connectivity index (χ3v) is 5.01. The number of hydrogen-bond acceptors (Lipinski definition) is 4. The normalized spacial score (nSPS) is 11.0. The van der Waals surface area contributed by atoms with Gasteiger partial charge in [-0.25, -0.2) is 17.8 Å². The summed E-state index contributed by atoms with van der Waals surface area (Å²) in [5, 5.41) is 2.63. The Labute approximate surface area is 156 Å². The fourth-order valence-corrected chi connectivity index (χ4v) is 3.44. The summed E-state index contributed by atoms with van der Waals surface area (Å²) < 4.78 is 40.3. The number of nitrogens with zero attached hydrogens (tertiary/aromatic N) is 1. The molecule has 0 fully saturated rings. The van der Waals surface area contributed by atoms with Gasteiger partial charge in [-0.2, -0.15) is 0 Å². The van der Waals surface area contributed by atoms with Crippen LogP contribution in [0.4, 0.5) is 15.9 Å². The quantitative estimate of drug-likeness (QED) is 0.703. The van der Waals surface area contributed by atoms with E-state index in [9.17, 15) is 17.6 Å². The van der Waals surface area contributed by atoms with Crippen molar-refractivity contribution in [1.82, 2.24) is 4.98 Å². The molecule has 8 heteroatoms. The van der Waals surface area contributed by atoms with Crippen molar-refractivity contribution in [3.8, 4) is 0 Å². The number of rotatable bonds is 5. The van der Waals surface area contributed by atoms with Crippen molar-refractivity contribution in [1.29, 1.82) is 0 Å². The van der Waals surface area contributed by atoms with E-state index in [2.05, 4.69) is 15.0 Å². The predicted molar refractivity (Wildman–Crippen MR) is 101 cm³/mol. The predicted octanol–water partition coefficient (Wildman–Crippen LogP) is 3.58. The fourth-order valence-electron chi connectivity index (χ4n) is 2.34. The van der Waals surface area contributed by atoms with Gasteiger partial charge in [-0.05, 0) is 61.5 Å². The molecule has 0 saturated carbocycles. The van der Waals surface area contributed by atoms with E-state index in [4.69, 9.17) is 0 Å². The van der Waals surface area contributed by atoms with Gasteiger partial charge in [0.05, 0.1) is 4.90 Å². The Morgan fingerprint density at radius 3 is 2.41 bits per heavy atom. The number of carbonyl (C=O) groups is 1. The van der Waals surface area contributed by atoms with Gasteiger partial charge in [0.15, 0.2) is 0 Å². The zero-order valence-corrected chi connectivity index (χ0v) is 15.1. The lowest BCUT2D eigenvalue weighted by Crippen LogP contribution is -2.16. The number of benzene rings is 2. The molecule has 1 aromatic heterocycles. The molecule has 0 atom stereocenters. The molecule has 0 bridgehead atoms.